The minimum atomic E-state index is 0.830. The van der Waals surface area contributed by atoms with Gasteiger partial charge in [-0.25, -0.2) is 0 Å². The van der Waals surface area contributed by atoms with E-state index in [9.17, 15) is 0 Å². The number of halogens is 1. The molecule has 17 heavy (non-hydrogen) atoms. The van der Waals surface area contributed by atoms with Crippen LogP contribution < -0.4 is 0 Å². The fourth-order valence-corrected chi connectivity index (χ4v) is 3.54. The average Bonchev–Trinajstić information content (AvgIpc) is 2.76. The molecule has 1 unspecified atom stereocenters. The summed E-state index contributed by atoms with van der Waals surface area (Å²) in [4.78, 5) is 5.27. The van der Waals surface area contributed by atoms with Gasteiger partial charge in [0.2, 0.25) is 0 Å². The van der Waals surface area contributed by atoms with Crippen molar-refractivity contribution in [2.24, 2.45) is 0 Å². The van der Waals surface area contributed by atoms with Gasteiger partial charge in [0.15, 0.2) is 0 Å². The molecule has 0 saturated carbocycles. The molecule has 2 nitrogen and oxygen atoms in total. The smallest absolute Gasteiger partial charge is 0.0235 e. The van der Waals surface area contributed by atoms with Crippen LogP contribution in [0.15, 0.2) is 28.7 Å². The van der Waals surface area contributed by atoms with Gasteiger partial charge in [-0.1, -0.05) is 28.1 Å². The van der Waals surface area contributed by atoms with E-state index in [1.165, 1.54) is 49.1 Å². The van der Waals surface area contributed by atoms with Gasteiger partial charge in [0.1, 0.15) is 0 Å². The summed E-state index contributed by atoms with van der Waals surface area (Å²) in [5.41, 5.74) is 1.42. The second-order valence-electron chi connectivity index (χ2n) is 5.20. The van der Waals surface area contributed by atoms with E-state index < -0.39 is 0 Å². The lowest BCUT2D eigenvalue weighted by atomic mass is 10.1. The molecule has 0 spiro atoms. The highest BCUT2D eigenvalue weighted by atomic mass is 79.9. The first-order valence-electron chi connectivity index (χ1n) is 6.52. The van der Waals surface area contributed by atoms with Crippen LogP contribution in [0.25, 0.3) is 0 Å². The molecule has 2 saturated heterocycles. The fourth-order valence-electron chi connectivity index (χ4n) is 3.09. The molecule has 3 rings (SSSR count). The maximum absolute atomic E-state index is 3.55. The van der Waals surface area contributed by atoms with Crippen molar-refractivity contribution in [2.45, 2.75) is 25.4 Å². The minimum Gasteiger partial charge on any atom is -0.298 e. The van der Waals surface area contributed by atoms with Gasteiger partial charge >= 0.3 is 0 Å². The number of nitrogens with zero attached hydrogens (tertiary/aromatic N) is 2. The number of fused-ring (bicyclic) bond motifs is 1. The highest BCUT2D eigenvalue weighted by molar-refractivity contribution is 9.10. The van der Waals surface area contributed by atoms with Crippen LogP contribution in [0.5, 0.6) is 0 Å². The second-order valence-corrected chi connectivity index (χ2v) is 6.11. The zero-order valence-electron chi connectivity index (χ0n) is 10.1. The summed E-state index contributed by atoms with van der Waals surface area (Å²) in [6.07, 6.45) is 2.80. The van der Waals surface area contributed by atoms with Gasteiger partial charge in [-0.3, -0.25) is 9.80 Å². The van der Waals surface area contributed by atoms with Gasteiger partial charge in [0.05, 0.1) is 0 Å². The third-order valence-electron chi connectivity index (χ3n) is 3.97. The summed E-state index contributed by atoms with van der Waals surface area (Å²) < 4.78 is 1.19. The van der Waals surface area contributed by atoms with Crippen LogP contribution in [0, 0.1) is 0 Å². The number of hydrogen-bond donors (Lipinski definition) is 0. The Balaban J connectivity index is 1.62. The quantitative estimate of drug-likeness (QED) is 0.828. The van der Waals surface area contributed by atoms with Crippen molar-refractivity contribution in [3.8, 4) is 0 Å². The monoisotopic (exact) mass is 294 g/mol. The number of hydrogen-bond acceptors (Lipinski definition) is 2. The van der Waals surface area contributed by atoms with Gasteiger partial charge in [-0.15, -0.1) is 0 Å². The van der Waals surface area contributed by atoms with E-state index in [1.54, 1.807) is 0 Å². The average molecular weight is 295 g/mol. The molecule has 0 radical (unpaired) electrons. The topological polar surface area (TPSA) is 6.48 Å². The van der Waals surface area contributed by atoms with Gasteiger partial charge in [-0.2, -0.15) is 0 Å². The predicted molar refractivity (Wildman–Crippen MR) is 74.0 cm³/mol. The van der Waals surface area contributed by atoms with E-state index >= 15 is 0 Å². The molecular formula is C14H19BrN2. The third kappa shape index (κ3) is 2.72. The third-order valence-corrected chi connectivity index (χ3v) is 4.46. The van der Waals surface area contributed by atoms with E-state index in [1.807, 2.05) is 0 Å². The van der Waals surface area contributed by atoms with Gasteiger partial charge in [-0.05, 0) is 37.1 Å². The lowest BCUT2D eigenvalue weighted by molar-refractivity contribution is 0.0994. The highest BCUT2D eigenvalue weighted by Gasteiger charge is 2.30. The fraction of sp³-hybridized carbons (Fsp3) is 0.571. The summed E-state index contributed by atoms with van der Waals surface area (Å²) in [6, 6.07) is 9.52. The Morgan fingerprint density at radius 1 is 1.24 bits per heavy atom. The molecule has 2 heterocycles. The standard InChI is InChI=1S/C14H19BrN2/c15-13-4-1-3-12(9-13)10-16-7-8-17-6-2-5-14(17)11-16/h1,3-4,9,14H,2,5-8,10-11H2. The summed E-state index contributed by atoms with van der Waals surface area (Å²) in [5, 5.41) is 0. The Bertz CT molecular complexity index is 394. The van der Waals surface area contributed by atoms with Gasteiger partial charge in [0.25, 0.3) is 0 Å². The van der Waals surface area contributed by atoms with Crippen molar-refractivity contribution in [3.05, 3.63) is 34.3 Å². The molecular weight excluding hydrogens is 276 g/mol. The van der Waals surface area contributed by atoms with Crippen molar-refractivity contribution < 1.29 is 0 Å². The van der Waals surface area contributed by atoms with E-state index in [0.29, 0.717) is 0 Å². The Labute approximate surface area is 112 Å². The molecule has 2 aliphatic rings. The molecule has 0 aliphatic carbocycles. The zero-order valence-corrected chi connectivity index (χ0v) is 11.7. The highest BCUT2D eigenvalue weighted by Crippen LogP contribution is 2.23. The lowest BCUT2D eigenvalue weighted by Gasteiger charge is -2.37. The van der Waals surface area contributed by atoms with Crippen LogP contribution in [0.4, 0.5) is 0 Å². The molecule has 0 aromatic heterocycles. The van der Waals surface area contributed by atoms with Gasteiger partial charge in [0, 0.05) is 36.7 Å². The summed E-state index contributed by atoms with van der Waals surface area (Å²) in [6.45, 7) is 6.17. The number of benzene rings is 1. The first-order valence-corrected chi connectivity index (χ1v) is 7.31. The van der Waals surface area contributed by atoms with E-state index in [2.05, 4.69) is 50.0 Å². The normalized spacial score (nSPS) is 26.1. The predicted octanol–water partition coefficient (Wildman–Crippen LogP) is 2.73. The summed E-state index contributed by atoms with van der Waals surface area (Å²) in [7, 11) is 0. The van der Waals surface area contributed by atoms with Crippen molar-refractivity contribution in [3.63, 3.8) is 0 Å². The molecule has 1 atom stereocenters. The van der Waals surface area contributed by atoms with Crippen LogP contribution in [-0.2, 0) is 6.54 Å². The lowest BCUT2D eigenvalue weighted by Crippen LogP contribution is -2.49. The number of piperazine rings is 1. The summed E-state index contributed by atoms with van der Waals surface area (Å²) >= 11 is 3.55. The molecule has 2 fully saturated rings. The van der Waals surface area contributed by atoms with Crippen molar-refractivity contribution in [2.75, 3.05) is 26.2 Å². The van der Waals surface area contributed by atoms with E-state index in [0.717, 1.165) is 12.6 Å². The Hall–Kier alpha value is -0.380. The second kappa shape index (κ2) is 5.09. The van der Waals surface area contributed by atoms with Crippen LogP contribution in [-0.4, -0.2) is 42.0 Å². The Kier molecular flexibility index (Phi) is 3.50. The first kappa shape index (κ1) is 11.7. The van der Waals surface area contributed by atoms with E-state index in [-0.39, 0.29) is 0 Å². The van der Waals surface area contributed by atoms with Crippen LogP contribution >= 0.6 is 15.9 Å². The molecule has 0 bridgehead atoms. The first-order chi connectivity index (χ1) is 8.31. The SMILES string of the molecule is Brc1cccc(CN2CCN3CCCC3C2)c1. The molecule has 1 aromatic rings. The van der Waals surface area contributed by atoms with E-state index in [4.69, 9.17) is 0 Å². The number of rotatable bonds is 2. The molecule has 2 aliphatic heterocycles. The molecule has 92 valence electrons. The molecule has 1 aromatic carbocycles. The zero-order chi connectivity index (χ0) is 11.7. The van der Waals surface area contributed by atoms with Crippen LogP contribution in [0.2, 0.25) is 0 Å². The molecule has 0 N–H and O–H groups in total. The Morgan fingerprint density at radius 3 is 3.06 bits per heavy atom. The van der Waals surface area contributed by atoms with Crippen molar-refractivity contribution in [1.82, 2.24) is 9.80 Å². The maximum atomic E-state index is 3.55. The van der Waals surface area contributed by atoms with Crippen LogP contribution in [0.1, 0.15) is 18.4 Å². The summed E-state index contributed by atoms with van der Waals surface area (Å²) in [5.74, 6) is 0. The largest absolute Gasteiger partial charge is 0.298 e. The van der Waals surface area contributed by atoms with Crippen molar-refractivity contribution in [1.29, 1.82) is 0 Å². The minimum absolute atomic E-state index is 0.830. The van der Waals surface area contributed by atoms with Crippen LogP contribution in [0.3, 0.4) is 0 Å². The molecule has 3 heteroatoms. The molecule has 0 amide bonds. The Morgan fingerprint density at radius 2 is 2.18 bits per heavy atom. The van der Waals surface area contributed by atoms with Crippen molar-refractivity contribution >= 4 is 15.9 Å². The van der Waals surface area contributed by atoms with Gasteiger partial charge < -0.3 is 0 Å². The maximum Gasteiger partial charge on any atom is 0.0235 e.